The lowest BCUT2D eigenvalue weighted by Crippen LogP contribution is -2.52. The molecule has 0 radical (unpaired) electrons. The van der Waals surface area contributed by atoms with Crippen molar-refractivity contribution in [1.29, 1.82) is 0 Å². The van der Waals surface area contributed by atoms with Crippen LogP contribution < -0.4 is 28.7 Å². The van der Waals surface area contributed by atoms with Crippen molar-refractivity contribution >= 4 is 29.2 Å². The maximum absolute atomic E-state index is 11.1. The van der Waals surface area contributed by atoms with Crippen LogP contribution in [0.15, 0.2) is 25.8 Å². The summed E-state index contributed by atoms with van der Waals surface area (Å²) in [4.78, 5) is 0. The van der Waals surface area contributed by atoms with Gasteiger partial charge in [0, 0.05) is 32.1 Å². The first-order chi connectivity index (χ1) is 20.1. The Labute approximate surface area is 241 Å². The molecule has 0 aliphatic rings. The highest BCUT2D eigenvalue weighted by atomic mass is 16.6. The zero-order valence-electron chi connectivity index (χ0n) is 23.1. The number of aliphatic hydroxyl groups excluding tert-OH is 1. The summed E-state index contributed by atoms with van der Waals surface area (Å²) in [5.41, 5.74) is 27.6. The average molecular weight is 613 g/mol. The molecule has 0 aliphatic carbocycles. The van der Waals surface area contributed by atoms with Crippen LogP contribution in [0.4, 0.5) is 0 Å². The summed E-state index contributed by atoms with van der Waals surface area (Å²) in [6.45, 7) is -0.788. The second kappa shape index (κ2) is 23.8. The quantitative estimate of drug-likeness (QED) is 0.0163. The summed E-state index contributed by atoms with van der Waals surface area (Å²) < 4.78 is 28.9. The second-order valence-corrected chi connectivity index (χ2v) is 8.50. The molecule has 4 unspecified atom stereocenters. The molecule has 0 bridgehead atoms. The molecule has 21 heteroatoms. The lowest BCUT2D eigenvalue weighted by Gasteiger charge is -2.36. The van der Waals surface area contributed by atoms with E-state index in [0.29, 0.717) is 0 Å². The molecule has 0 aromatic carbocycles. The molecule has 42 heavy (non-hydrogen) atoms. The van der Waals surface area contributed by atoms with Gasteiger partial charge in [-0.3, -0.25) is 0 Å². The van der Waals surface area contributed by atoms with Crippen molar-refractivity contribution in [3.8, 4) is 0 Å². The topological polar surface area (TPSA) is 359 Å². The standard InChI is InChI=1S/C21H44N10O11/c22-15(27-33)1-6-38-11-13(32)20(41-9-4-18(25)30-36)21(42-10-5-19(26)31-37)14(40-8-3-17(24)29-35)12-39-7-2-16(23)28-34/h13-14,20-21,32-37H,1-12H2,(H2,22,27)(H2,23,28)(H2,24,29)(H2,25,30)(H2,26,31). The van der Waals surface area contributed by atoms with Crippen molar-refractivity contribution in [1.82, 2.24) is 0 Å². The molecule has 4 atom stereocenters. The van der Waals surface area contributed by atoms with Gasteiger partial charge < -0.3 is 83.5 Å². The van der Waals surface area contributed by atoms with Gasteiger partial charge in [0.25, 0.3) is 0 Å². The van der Waals surface area contributed by atoms with E-state index in [2.05, 4.69) is 25.8 Å². The fourth-order valence-corrected chi connectivity index (χ4v) is 3.09. The molecule has 0 fully saturated rings. The molecular formula is C21H44N10O11. The maximum Gasteiger partial charge on any atom is 0.141 e. The van der Waals surface area contributed by atoms with Gasteiger partial charge in [-0.2, -0.15) is 0 Å². The number of hydrogen-bond acceptors (Lipinski definition) is 16. The zero-order chi connectivity index (χ0) is 31.8. The summed E-state index contributed by atoms with van der Waals surface area (Å²) in [6, 6.07) is 0. The van der Waals surface area contributed by atoms with Gasteiger partial charge in [-0.1, -0.05) is 25.8 Å². The molecule has 244 valence electrons. The summed E-state index contributed by atoms with van der Waals surface area (Å²) in [6.07, 6.45) is -4.55. The van der Waals surface area contributed by atoms with Gasteiger partial charge in [0.2, 0.25) is 0 Å². The molecule has 16 N–H and O–H groups in total. The Morgan fingerprint density at radius 2 is 0.810 bits per heavy atom. The number of nitrogens with two attached hydrogens (primary N) is 5. The number of rotatable bonds is 25. The summed E-state index contributed by atoms with van der Waals surface area (Å²) >= 11 is 0. The molecule has 0 rings (SSSR count). The molecule has 0 saturated carbocycles. The van der Waals surface area contributed by atoms with Crippen LogP contribution >= 0.6 is 0 Å². The highest BCUT2D eigenvalue weighted by molar-refractivity contribution is 5.80. The number of amidine groups is 5. The van der Waals surface area contributed by atoms with E-state index in [-0.39, 0.29) is 108 Å². The first kappa shape index (κ1) is 38.1. The molecule has 0 amide bonds. The van der Waals surface area contributed by atoms with Crippen LogP contribution in [0.1, 0.15) is 32.1 Å². The minimum Gasteiger partial charge on any atom is -0.409 e. The predicted octanol–water partition coefficient (Wildman–Crippen LogP) is -2.78. The molecule has 0 heterocycles. The summed E-state index contributed by atoms with van der Waals surface area (Å²) in [7, 11) is 0. The molecule has 0 aliphatic heterocycles. The van der Waals surface area contributed by atoms with Crippen molar-refractivity contribution in [2.75, 3.05) is 46.2 Å². The van der Waals surface area contributed by atoms with Crippen LogP contribution in [0, 0.1) is 0 Å². The van der Waals surface area contributed by atoms with Crippen LogP contribution in [-0.4, -0.2) is 131 Å². The molecule has 0 spiro atoms. The molecule has 21 nitrogen and oxygen atoms in total. The van der Waals surface area contributed by atoms with Gasteiger partial charge in [-0.05, 0) is 0 Å². The Morgan fingerprint density at radius 1 is 0.476 bits per heavy atom. The third-order valence-electron chi connectivity index (χ3n) is 5.31. The lowest BCUT2D eigenvalue weighted by molar-refractivity contribution is -0.185. The van der Waals surface area contributed by atoms with E-state index < -0.39 is 24.4 Å². The normalized spacial score (nSPS) is 16.7. The van der Waals surface area contributed by atoms with E-state index >= 15 is 0 Å². The Morgan fingerprint density at radius 3 is 1.21 bits per heavy atom. The monoisotopic (exact) mass is 612 g/mol. The fraction of sp³-hybridized carbons (Fsp3) is 0.762. The van der Waals surface area contributed by atoms with Gasteiger partial charge in [0.15, 0.2) is 0 Å². The van der Waals surface area contributed by atoms with Crippen molar-refractivity contribution in [3.05, 3.63) is 0 Å². The summed E-state index contributed by atoms with van der Waals surface area (Å²) in [5.74, 6) is -0.541. The first-order valence-corrected chi connectivity index (χ1v) is 12.6. The van der Waals surface area contributed by atoms with Gasteiger partial charge in [-0.15, -0.1) is 0 Å². The van der Waals surface area contributed by atoms with Crippen LogP contribution in [0.25, 0.3) is 0 Å². The predicted molar refractivity (Wildman–Crippen MR) is 147 cm³/mol. The van der Waals surface area contributed by atoms with Gasteiger partial charge in [-0.25, -0.2) is 0 Å². The number of hydrogen-bond donors (Lipinski definition) is 11. The first-order valence-electron chi connectivity index (χ1n) is 12.6. The summed E-state index contributed by atoms with van der Waals surface area (Å²) in [5, 5.41) is 69.6. The molecule has 0 aromatic rings. The van der Waals surface area contributed by atoms with Gasteiger partial charge in [0.1, 0.15) is 53.6 Å². The second-order valence-electron chi connectivity index (χ2n) is 8.50. The highest BCUT2D eigenvalue weighted by Gasteiger charge is 2.37. The van der Waals surface area contributed by atoms with E-state index in [4.69, 9.17) is 78.4 Å². The lowest BCUT2D eigenvalue weighted by atomic mass is 10.0. The Bertz CT molecular complexity index is 876. The van der Waals surface area contributed by atoms with Crippen LogP contribution in [0.5, 0.6) is 0 Å². The Kier molecular flexibility index (Phi) is 21.6. The minimum atomic E-state index is -1.37. The van der Waals surface area contributed by atoms with E-state index in [1.165, 1.54) is 0 Å². The SMILES string of the molecule is NC(CCOCC(O)C(OCCC(N)=NO)C(OCCC(N)=NO)C(COCCC(N)=NO)OCCC(N)=NO)=NO. The third-order valence-corrected chi connectivity index (χ3v) is 5.31. The molecule has 0 aromatic heterocycles. The fourth-order valence-electron chi connectivity index (χ4n) is 3.09. The average Bonchev–Trinajstić information content (AvgIpc) is 3.00. The van der Waals surface area contributed by atoms with Crippen molar-refractivity contribution < 1.29 is 54.8 Å². The Balaban J connectivity index is 6.09. The number of oxime groups is 5. The van der Waals surface area contributed by atoms with E-state index in [0.717, 1.165) is 0 Å². The Hall–Kier alpha value is -3.89. The van der Waals surface area contributed by atoms with E-state index in [1.54, 1.807) is 0 Å². The number of nitrogens with zero attached hydrogens (tertiary/aromatic N) is 5. The number of ether oxygens (including phenoxy) is 5. The minimum absolute atomic E-state index is 0.00451. The smallest absolute Gasteiger partial charge is 0.141 e. The van der Waals surface area contributed by atoms with E-state index in [9.17, 15) is 5.11 Å². The number of aliphatic hydroxyl groups is 1. The van der Waals surface area contributed by atoms with Crippen molar-refractivity contribution in [2.45, 2.75) is 56.5 Å². The van der Waals surface area contributed by atoms with E-state index in [1.807, 2.05) is 0 Å². The highest BCUT2D eigenvalue weighted by Crippen LogP contribution is 2.19. The van der Waals surface area contributed by atoms with Crippen molar-refractivity contribution in [3.63, 3.8) is 0 Å². The van der Waals surface area contributed by atoms with Crippen LogP contribution in [0.2, 0.25) is 0 Å². The van der Waals surface area contributed by atoms with Crippen molar-refractivity contribution in [2.24, 2.45) is 54.4 Å². The van der Waals surface area contributed by atoms with Gasteiger partial charge in [0.05, 0.1) is 46.2 Å². The third kappa shape index (κ3) is 17.7. The maximum atomic E-state index is 11.1. The largest absolute Gasteiger partial charge is 0.409 e. The zero-order valence-corrected chi connectivity index (χ0v) is 23.1. The van der Waals surface area contributed by atoms with Crippen LogP contribution in [0.3, 0.4) is 0 Å². The molecular weight excluding hydrogens is 568 g/mol. The molecule has 0 saturated heterocycles. The van der Waals surface area contributed by atoms with Crippen LogP contribution in [-0.2, 0) is 23.7 Å². The van der Waals surface area contributed by atoms with Gasteiger partial charge >= 0.3 is 0 Å².